The highest BCUT2D eigenvalue weighted by atomic mass is 32.2. The number of hydrogen-bond acceptors (Lipinski definition) is 3. The van der Waals surface area contributed by atoms with Gasteiger partial charge in [0, 0.05) is 36.5 Å². The zero-order chi connectivity index (χ0) is 14.0. The second-order valence-corrected chi connectivity index (χ2v) is 7.66. The van der Waals surface area contributed by atoms with E-state index in [1.807, 2.05) is 0 Å². The normalized spacial score (nSPS) is 29.9. The van der Waals surface area contributed by atoms with Crippen molar-refractivity contribution in [2.24, 2.45) is 0 Å². The van der Waals surface area contributed by atoms with Gasteiger partial charge in [-0.25, -0.2) is 0 Å². The highest BCUT2D eigenvalue weighted by Crippen LogP contribution is 2.44. The van der Waals surface area contributed by atoms with E-state index >= 15 is 0 Å². The van der Waals surface area contributed by atoms with Crippen molar-refractivity contribution in [1.82, 2.24) is 10.2 Å². The molecule has 2 aliphatic rings. The van der Waals surface area contributed by atoms with Crippen molar-refractivity contribution in [3.63, 3.8) is 0 Å². The summed E-state index contributed by atoms with van der Waals surface area (Å²) in [5, 5.41) is 3.71. The van der Waals surface area contributed by atoms with E-state index in [9.17, 15) is 0 Å². The van der Waals surface area contributed by atoms with Crippen molar-refractivity contribution in [1.29, 1.82) is 0 Å². The van der Waals surface area contributed by atoms with Gasteiger partial charge in [0.1, 0.15) is 0 Å². The number of thioether (sulfide) groups is 1. The predicted octanol–water partition coefficient (Wildman–Crippen LogP) is 3.31. The van der Waals surface area contributed by atoms with Gasteiger partial charge in [0.25, 0.3) is 0 Å². The molecule has 0 radical (unpaired) electrons. The van der Waals surface area contributed by atoms with E-state index in [0.717, 1.165) is 13.1 Å². The lowest BCUT2D eigenvalue weighted by atomic mass is 9.83. The summed E-state index contributed by atoms with van der Waals surface area (Å²) in [5.74, 6) is 0. The zero-order valence-electron chi connectivity index (χ0n) is 12.6. The van der Waals surface area contributed by atoms with Crippen LogP contribution in [-0.2, 0) is 0 Å². The van der Waals surface area contributed by atoms with Gasteiger partial charge in [-0.3, -0.25) is 4.90 Å². The molecule has 2 fully saturated rings. The van der Waals surface area contributed by atoms with E-state index in [-0.39, 0.29) is 0 Å². The minimum Gasteiger partial charge on any atom is -0.307 e. The Kier molecular flexibility index (Phi) is 4.39. The molecule has 20 heavy (non-hydrogen) atoms. The summed E-state index contributed by atoms with van der Waals surface area (Å²) in [6, 6.07) is 12.0. The van der Waals surface area contributed by atoms with Crippen LogP contribution in [0.15, 0.2) is 30.3 Å². The third-order valence-corrected chi connectivity index (χ3v) is 6.49. The first-order valence-electron chi connectivity index (χ1n) is 7.80. The zero-order valence-corrected chi connectivity index (χ0v) is 13.5. The molecule has 3 heteroatoms. The van der Waals surface area contributed by atoms with E-state index < -0.39 is 0 Å². The number of nitrogens with one attached hydrogen (secondary N) is 1. The van der Waals surface area contributed by atoms with Crippen LogP contribution < -0.4 is 5.32 Å². The second-order valence-electron chi connectivity index (χ2n) is 6.39. The average Bonchev–Trinajstić information content (AvgIpc) is 2.45. The maximum absolute atomic E-state index is 3.71. The maximum atomic E-state index is 3.71. The van der Waals surface area contributed by atoms with Crippen LogP contribution in [-0.4, -0.2) is 41.6 Å². The predicted molar refractivity (Wildman–Crippen MR) is 88.3 cm³/mol. The Morgan fingerprint density at radius 3 is 2.65 bits per heavy atom. The fourth-order valence-corrected chi connectivity index (χ4v) is 4.41. The Morgan fingerprint density at radius 2 is 2.05 bits per heavy atom. The third-order valence-electron chi connectivity index (χ3n) is 5.09. The van der Waals surface area contributed by atoms with E-state index in [4.69, 9.17) is 0 Å². The van der Waals surface area contributed by atoms with Crippen LogP contribution in [0.5, 0.6) is 0 Å². The van der Waals surface area contributed by atoms with Crippen LogP contribution in [0.3, 0.4) is 0 Å². The Balaban J connectivity index is 1.67. The fraction of sp³-hybridized carbons (Fsp3) is 0.647. The maximum Gasteiger partial charge on any atom is 0.0449 e. The minimum atomic E-state index is 0.492. The van der Waals surface area contributed by atoms with Crippen molar-refractivity contribution >= 4 is 11.8 Å². The largest absolute Gasteiger partial charge is 0.307 e. The summed E-state index contributed by atoms with van der Waals surface area (Å²) in [6.07, 6.45) is 6.52. The van der Waals surface area contributed by atoms with Crippen LogP contribution in [0.1, 0.15) is 37.8 Å². The summed E-state index contributed by atoms with van der Waals surface area (Å²) in [4.78, 5) is 2.71. The minimum absolute atomic E-state index is 0.492. The van der Waals surface area contributed by atoms with Crippen LogP contribution in [0.4, 0.5) is 0 Å². The summed E-state index contributed by atoms with van der Waals surface area (Å²) < 4.78 is 0.548. The van der Waals surface area contributed by atoms with Gasteiger partial charge < -0.3 is 5.32 Å². The molecule has 110 valence electrons. The quantitative estimate of drug-likeness (QED) is 0.916. The molecule has 1 aliphatic heterocycles. The van der Waals surface area contributed by atoms with Gasteiger partial charge in [-0.1, -0.05) is 36.8 Å². The Labute approximate surface area is 127 Å². The molecule has 1 aromatic carbocycles. The first kappa shape index (κ1) is 14.4. The average molecular weight is 290 g/mol. The number of hydrogen-bond donors (Lipinski definition) is 1. The molecular weight excluding hydrogens is 264 g/mol. The molecule has 0 aromatic heterocycles. The van der Waals surface area contributed by atoms with Gasteiger partial charge in [0.15, 0.2) is 0 Å². The molecule has 1 aliphatic carbocycles. The smallest absolute Gasteiger partial charge is 0.0449 e. The van der Waals surface area contributed by atoms with Gasteiger partial charge in [-0.05, 0) is 31.6 Å². The lowest BCUT2D eigenvalue weighted by Crippen LogP contribution is -2.56. The number of rotatable bonds is 4. The fourth-order valence-electron chi connectivity index (χ4n) is 3.42. The first-order valence-corrected chi connectivity index (χ1v) is 9.02. The van der Waals surface area contributed by atoms with Crippen molar-refractivity contribution in [3.8, 4) is 0 Å². The van der Waals surface area contributed by atoms with Crippen LogP contribution in [0.2, 0.25) is 0 Å². The van der Waals surface area contributed by atoms with Crippen LogP contribution in [0, 0.1) is 0 Å². The van der Waals surface area contributed by atoms with Gasteiger partial charge >= 0.3 is 0 Å². The molecule has 3 rings (SSSR count). The van der Waals surface area contributed by atoms with Crippen molar-refractivity contribution in [3.05, 3.63) is 35.9 Å². The standard InChI is InChI=1S/C17H26N2S/c1-14-11-18-16(15-7-4-3-5-8-15)12-19(14)13-17(20-2)9-6-10-17/h3-5,7-8,14,16,18H,6,9-13H2,1-2H3. The molecule has 1 N–H and O–H groups in total. The number of benzene rings is 1. The van der Waals surface area contributed by atoms with Crippen LogP contribution >= 0.6 is 11.8 Å². The molecule has 1 aromatic rings. The summed E-state index contributed by atoms with van der Waals surface area (Å²) in [5.41, 5.74) is 1.43. The third kappa shape index (κ3) is 2.90. The van der Waals surface area contributed by atoms with Crippen molar-refractivity contribution in [2.45, 2.75) is 43.0 Å². The Morgan fingerprint density at radius 1 is 1.30 bits per heavy atom. The second kappa shape index (κ2) is 6.08. The highest BCUT2D eigenvalue weighted by molar-refractivity contribution is 8.00. The molecule has 2 unspecified atom stereocenters. The molecule has 0 spiro atoms. The molecule has 2 nitrogen and oxygen atoms in total. The van der Waals surface area contributed by atoms with Gasteiger partial charge in [0.2, 0.25) is 0 Å². The SMILES string of the molecule is CSC1(CN2CC(c3ccccc3)NCC2C)CCC1. The van der Waals surface area contributed by atoms with E-state index in [2.05, 4.69) is 65.5 Å². The number of piperazine rings is 1. The molecule has 1 saturated heterocycles. The molecule has 1 heterocycles. The molecule has 2 atom stereocenters. The molecule has 1 saturated carbocycles. The lowest BCUT2D eigenvalue weighted by Gasteiger charge is -2.48. The van der Waals surface area contributed by atoms with Crippen molar-refractivity contribution in [2.75, 3.05) is 25.9 Å². The Bertz CT molecular complexity index is 424. The van der Waals surface area contributed by atoms with Gasteiger partial charge in [0.05, 0.1) is 0 Å². The van der Waals surface area contributed by atoms with Crippen molar-refractivity contribution < 1.29 is 0 Å². The molecular formula is C17H26N2S. The molecule has 0 amide bonds. The van der Waals surface area contributed by atoms with E-state index in [1.165, 1.54) is 31.4 Å². The number of nitrogens with zero attached hydrogens (tertiary/aromatic N) is 1. The van der Waals surface area contributed by atoms with E-state index in [1.54, 1.807) is 0 Å². The highest BCUT2D eigenvalue weighted by Gasteiger charge is 2.40. The topological polar surface area (TPSA) is 15.3 Å². The van der Waals surface area contributed by atoms with Gasteiger partial charge in [-0.2, -0.15) is 11.8 Å². The molecule has 0 bridgehead atoms. The summed E-state index contributed by atoms with van der Waals surface area (Å²) in [7, 11) is 0. The van der Waals surface area contributed by atoms with Crippen LogP contribution in [0.25, 0.3) is 0 Å². The van der Waals surface area contributed by atoms with Gasteiger partial charge in [-0.15, -0.1) is 0 Å². The first-order chi connectivity index (χ1) is 9.72. The Hall–Kier alpha value is -0.510. The summed E-state index contributed by atoms with van der Waals surface area (Å²) >= 11 is 2.09. The lowest BCUT2D eigenvalue weighted by molar-refractivity contribution is 0.110. The monoisotopic (exact) mass is 290 g/mol. The van der Waals surface area contributed by atoms with E-state index in [0.29, 0.717) is 16.8 Å². The summed E-state index contributed by atoms with van der Waals surface area (Å²) in [6.45, 7) is 5.87.